The lowest BCUT2D eigenvalue weighted by Gasteiger charge is -2.18. The van der Waals surface area contributed by atoms with Gasteiger partial charge in [0.05, 0.1) is 0 Å². The highest BCUT2D eigenvalue weighted by Gasteiger charge is 2.16. The fraction of sp³-hybridized carbons (Fsp3) is 0.409. The van der Waals surface area contributed by atoms with Gasteiger partial charge in [0.2, 0.25) is 0 Å². The Kier molecular flexibility index (Phi) is 6.63. The molecule has 0 aliphatic heterocycles. The fourth-order valence-corrected chi connectivity index (χ4v) is 2.75. The van der Waals surface area contributed by atoms with Gasteiger partial charge < -0.3 is 10.1 Å². The summed E-state index contributed by atoms with van der Waals surface area (Å²) in [7, 11) is 0. The predicted molar refractivity (Wildman–Crippen MR) is 104 cm³/mol. The van der Waals surface area contributed by atoms with Gasteiger partial charge in [-0.25, -0.2) is 0 Å². The van der Waals surface area contributed by atoms with Crippen LogP contribution in [0.3, 0.4) is 0 Å². The molecular formula is C22H29NO2. The standard InChI is InChI=1S/C22H29NO2/c1-6-7-8-19-9-11-20(12-10-19)23-22(24)18(5)25-21-14-15(2)13-16(3)17(21)4/h9-14,18H,6-8H2,1-5H3,(H,23,24)/t18-/m0/s1. The van der Waals surface area contributed by atoms with Gasteiger partial charge in [0.25, 0.3) is 5.91 Å². The first-order valence-corrected chi connectivity index (χ1v) is 9.05. The second-order valence-electron chi connectivity index (χ2n) is 6.75. The van der Waals surface area contributed by atoms with Crippen molar-refractivity contribution in [2.24, 2.45) is 0 Å². The monoisotopic (exact) mass is 339 g/mol. The van der Waals surface area contributed by atoms with Gasteiger partial charge in [0.1, 0.15) is 5.75 Å². The SMILES string of the molecule is CCCCc1ccc(NC(=O)[C@H](C)Oc2cc(C)cc(C)c2C)cc1. The lowest BCUT2D eigenvalue weighted by atomic mass is 10.1. The van der Waals surface area contributed by atoms with E-state index in [1.807, 2.05) is 32.0 Å². The summed E-state index contributed by atoms with van der Waals surface area (Å²) in [6.45, 7) is 10.1. The first kappa shape index (κ1) is 19.0. The molecule has 3 heteroatoms. The number of rotatable bonds is 7. The molecule has 1 N–H and O–H groups in total. The second kappa shape index (κ2) is 8.70. The zero-order chi connectivity index (χ0) is 18.4. The average molecular weight is 339 g/mol. The Morgan fingerprint density at radius 1 is 1.12 bits per heavy atom. The minimum Gasteiger partial charge on any atom is -0.481 e. The van der Waals surface area contributed by atoms with Crippen molar-refractivity contribution in [3.63, 3.8) is 0 Å². The number of carbonyl (C=O) groups excluding carboxylic acids is 1. The molecule has 0 aliphatic rings. The molecule has 3 nitrogen and oxygen atoms in total. The molecule has 1 amide bonds. The second-order valence-corrected chi connectivity index (χ2v) is 6.75. The zero-order valence-corrected chi connectivity index (χ0v) is 16.0. The first-order chi connectivity index (χ1) is 11.9. The molecule has 0 fully saturated rings. The van der Waals surface area contributed by atoms with Crippen LogP contribution in [0.1, 0.15) is 48.9 Å². The van der Waals surface area contributed by atoms with Gasteiger partial charge in [-0.3, -0.25) is 4.79 Å². The van der Waals surface area contributed by atoms with Crippen molar-refractivity contribution in [2.45, 2.75) is 60.0 Å². The molecule has 134 valence electrons. The maximum Gasteiger partial charge on any atom is 0.265 e. The van der Waals surface area contributed by atoms with Crippen molar-refractivity contribution >= 4 is 11.6 Å². The van der Waals surface area contributed by atoms with Crippen LogP contribution in [0.4, 0.5) is 5.69 Å². The number of amides is 1. The van der Waals surface area contributed by atoms with E-state index in [0.717, 1.165) is 29.0 Å². The number of carbonyl (C=O) groups is 1. The van der Waals surface area contributed by atoms with Gasteiger partial charge in [0, 0.05) is 5.69 Å². The van der Waals surface area contributed by atoms with E-state index in [-0.39, 0.29) is 5.91 Å². The average Bonchev–Trinajstić information content (AvgIpc) is 2.58. The van der Waals surface area contributed by atoms with E-state index >= 15 is 0 Å². The van der Waals surface area contributed by atoms with E-state index in [2.05, 4.69) is 37.4 Å². The van der Waals surface area contributed by atoms with Gasteiger partial charge >= 0.3 is 0 Å². The molecule has 2 aromatic rings. The smallest absolute Gasteiger partial charge is 0.265 e. The Morgan fingerprint density at radius 3 is 2.44 bits per heavy atom. The minimum atomic E-state index is -0.556. The van der Waals surface area contributed by atoms with Crippen molar-refractivity contribution in [3.05, 3.63) is 58.7 Å². The van der Waals surface area contributed by atoms with Crippen molar-refractivity contribution < 1.29 is 9.53 Å². The maximum absolute atomic E-state index is 12.4. The molecular weight excluding hydrogens is 310 g/mol. The number of benzene rings is 2. The summed E-state index contributed by atoms with van der Waals surface area (Å²) in [4.78, 5) is 12.4. The van der Waals surface area contributed by atoms with Crippen molar-refractivity contribution in [2.75, 3.05) is 5.32 Å². The first-order valence-electron chi connectivity index (χ1n) is 9.05. The van der Waals surface area contributed by atoms with Crippen molar-refractivity contribution in [1.29, 1.82) is 0 Å². The van der Waals surface area contributed by atoms with E-state index in [0.29, 0.717) is 0 Å². The van der Waals surface area contributed by atoms with Gasteiger partial charge in [-0.15, -0.1) is 0 Å². The summed E-state index contributed by atoms with van der Waals surface area (Å²) in [5, 5.41) is 2.93. The Hall–Kier alpha value is -2.29. The molecule has 0 saturated carbocycles. The Balaban J connectivity index is 1.98. The number of nitrogens with one attached hydrogen (secondary N) is 1. The molecule has 0 spiro atoms. The van der Waals surface area contributed by atoms with Gasteiger partial charge in [-0.2, -0.15) is 0 Å². The number of hydrogen-bond acceptors (Lipinski definition) is 2. The summed E-state index contributed by atoms with van der Waals surface area (Å²) in [5.74, 6) is 0.634. The molecule has 2 aromatic carbocycles. The summed E-state index contributed by atoms with van der Waals surface area (Å²) in [6.07, 6.45) is 2.90. The van der Waals surface area contributed by atoms with Gasteiger partial charge in [-0.1, -0.05) is 31.5 Å². The number of hydrogen-bond donors (Lipinski definition) is 1. The molecule has 0 unspecified atom stereocenters. The normalized spacial score (nSPS) is 11.9. The van der Waals surface area contributed by atoms with Crippen LogP contribution in [0, 0.1) is 20.8 Å². The molecule has 25 heavy (non-hydrogen) atoms. The molecule has 0 aliphatic carbocycles. The summed E-state index contributed by atoms with van der Waals surface area (Å²) in [5.41, 5.74) is 5.48. The summed E-state index contributed by atoms with van der Waals surface area (Å²) >= 11 is 0. The number of unbranched alkanes of at least 4 members (excludes halogenated alkanes) is 1. The van der Waals surface area contributed by atoms with Crippen LogP contribution in [0.5, 0.6) is 5.75 Å². The molecule has 0 heterocycles. The topological polar surface area (TPSA) is 38.3 Å². The zero-order valence-electron chi connectivity index (χ0n) is 16.0. The van der Waals surface area contributed by atoms with Crippen LogP contribution in [0.2, 0.25) is 0 Å². The highest BCUT2D eigenvalue weighted by atomic mass is 16.5. The van der Waals surface area contributed by atoms with Crippen LogP contribution in [0.25, 0.3) is 0 Å². The van der Waals surface area contributed by atoms with Crippen LogP contribution in [0.15, 0.2) is 36.4 Å². The lowest BCUT2D eigenvalue weighted by Crippen LogP contribution is -2.30. The van der Waals surface area contributed by atoms with Crippen LogP contribution < -0.4 is 10.1 Å². The van der Waals surface area contributed by atoms with Gasteiger partial charge in [-0.05, 0) is 81.0 Å². The van der Waals surface area contributed by atoms with Crippen LogP contribution in [-0.4, -0.2) is 12.0 Å². The maximum atomic E-state index is 12.4. The highest BCUT2D eigenvalue weighted by molar-refractivity contribution is 5.94. The van der Waals surface area contributed by atoms with Crippen LogP contribution in [-0.2, 0) is 11.2 Å². The van der Waals surface area contributed by atoms with E-state index < -0.39 is 6.10 Å². The molecule has 1 atom stereocenters. The Labute approximate surface area is 151 Å². The molecule has 2 rings (SSSR count). The van der Waals surface area contributed by atoms with E-state index in [1.54, 1.807) is 6.92 Å². The Bertz CT molecular complexity index is 720. The predicted octanol–water partition coefficient (Wildman–Crippen LogP) is 5.36. The number of aryl methyl sites for hydroxylation is 3. The van der Waals surface area contributed by atoms with Crippen LogP contribution >= 0.6 is 0 Å². The minimum absolute atomic E-state index is 0.139. The van der Waals surface area contributed by atoms with E-state index in [9.17, 15) is 4.79 Å². The van der Waals surface area contributed by atoms with Gasteiger partial charge in [0.15, 0.2) is 6.10 Å². The number of anilines is 1. The van der Waals surface area contributed by atoms with Crippen molar-refractivity contribution in [3.8, 4) is 5.75 Å². The third-order valence-electron chi connectivity index (χ3n) is 4.48. The molecule has 0 bridgehead atoms. The molecule has 0 radical (unpaired) electrons. The molecule has 0 saturated heterocycles. The fourth-order valence-electron chi connectivity index (χ4n) is 2.75. The van der Waals surface area contributed by atoms with E-state index in [4.69, 9.17) is 4.74 Å². The largest absolute Gasteiger partial charge is 0.481 e. The third-order valence-corrected chi connectivity index (χ3v) is 4.48. The highest BCUT2D eigenvalue weighted by Crippen LogP contribution is 2.24. The summed E-state index contributed by atoms with van der Waals surface area (Å²) < 4.78 is 5.91. The Morgan fingerprint density at radius 2 is 1.80 bits per heavy atom. The quantitative estimate of drug-likeness (QED) is 0.737. The lowest BCUT2D eigenvalue weighted by molar-refractivity contribution is -0.122. The summed E-state index contributed by atoms with van der Waals surface area (Å²) in [6, 6.07) is 12.2. The molecule has 0 aromatic heterocycles. The van der Waals surface area contributed by atoms with E-state index in [1.165, 1.54) is 24.0 Å². The number of ether oxygens (including phenoxy) is 1. The van der Waals surface area contributed by atoms with Crippen molar-refractivity contribution in [1.82, 2.24) is 0 Å². The third kappa shape index (κ3) is 5.35.